The monoisotopic (exact) mass is 732 g/mol. The number of carboxylic acid groups (broad SMARTS) is 1. The van der Waals surface area contributed by atoms with Gasteiger partial charge in [-0.05, 0) is 124 Å². The molecule has 3 aromatic heterocycles. The first-order chi connectivity index (χ1) is 26.1. The molecule has 1 unspecified atom stereocenters. The maximum absolute atomic E-state index is 13.4. The minimum atomic E-state index is -2.95. The molecule has 5 heterocycles. The first-order valence-electron chi connectivity index (χ1n) is 18.4. The van der Waals surface area contributed by atoms with Crippen LogP contribution in [0.15, 0.2) is 77.5 Å². The molecule has 8 rings (SSSR count). The van der Waals surface area contributed by atoms with Crippen molar-refractivity contribution in [1.82, 2.24) is 24.8 Å². The van der Waals surface area contributed by atoms with E-state index in [9.17, 15) is 18.7 Å². The average molecular weight is 733 g/mol. The number of halogens is 2. The van der Waals surface area contributed by atoms with E-state index in [0.717, 1.165) is 83.4 Å². The van der Waals surface area contributed by atoms with Gasteiger partial charge in [-0.15, -0.1) is 0 Å². The van der Waals surface area contributed by atoms with Crippen molar-refractivity contribution < 1.29 is 27.8 Å². The zero-order chi connectivity index (χ0) is 37.6. The van der Waals surface area contributed by atoms with Gasteiger partial charge in [0.2, 0.25) is 5.89 Å². The number of likely N-dealkylation sites (tertiary alicyclic amines) is 2. The lowest BCUT2D eigenvalue weighted by molar-refractivity contribution is -0.148. The Balaban J connectivity index is 1.07. The molecular formula is C42H42F2N6O4. The van der Waals surface area contributed by atoms with E-state index in [1.807, 2.05) is 42.2 Å². The number of anilines is 2. The van der Waals surface area contributed by atoms with Crippen LogP contribution in [0.2, 0.25) is 0 Å². The molecular weight excluding hydrogens is 690 g/mol. The molecule has 2 saturated heterocycles. The normalized spacial score (nSPS) is 18.0. The van der Waals surface area contributed by atoms with Crippen molar-refractivity contribution in [2.75, 3.05) is 25.0 Å². The lowest BCUT2D eigenvalue weighted by Crippen LogP contribution is -2.47. The molecule has 0 spiro atoms. The van der Waals surface area contributed by atoms with E-state index in [1.165, 1.54) is 6.07 Å². The highest BCUT2D eigenvalue weighted by Crippen LogP contribution is 2.39. The molecule has 0 amide bonds. The van der Waals surface area contributed by atoms with Gasteiger partial charge in [0.1, 0.15) is 22.3 Å². The highest BCUT2D eigenvalue weighted by molar-refractivity contribution is 5.91. The number of rotatable bonds is 11. The van der Waals surface area contributed by atoms with Crippen molar-refractivity contribution in [3.63, 3.8) is 0 Å². The molecule has 12 heteroatoms. The molecule has 0 saturated carbocycles. The Hall–Kier alpha value is -5.46. The van der Waals surface area contributed by atoms with E-state index in [1.54, 1.807) is 25.4 Å². The number of carbonyl (C=O) groups is 1. The Morgan fingerprint density at radius 1 is 0.963 bits per heavy atom. The third-order valence-corrected chi connectivity index (χ3v) is 11.1. The topological polar surface area (TPSA) is 117 Å². The van der Waals surface area contributed by atoms with E-state index in [0.29, 0.717) is 53.4 Å². The second-order valence-corrected chi connectivity index (χ2v) is 14.6. The number of hydrogen-bond acceptors (Lipinski definition) is 9. The fourth-order valence-corrected chi connectivity index (χ4v) is 7.99. The largest absolute Gasteiger partial charge is 0.480 e. The van der Waals surface area contributed by atoms with Crippen molar-refractivity contribution in [2.45, 2.75) is 71.7 Å². The molecule has 54 heavy (non-hydrogen) atoms. The summed E-state index contributed by atoms with van der Waals surface area (Å²) < 4.78 is 37.9. The molecule has 0 radical (unpaired) electrons. The summed E-state index contributed by atoms with van der Waals surface area (Å²) in [7, 11) is 0. The molecule has 2 aliphatic rings. The van der Waals surface area contributed by atoms with E-state index in [-0.39, 0.29) is 5.75 Å². The number of fused-ring (bicyclic) bond motifs is 2. The van der Waals surface area contributed by atoms with Gasteiger partial charge in [0.05, 0.1) is 0 Å². The van der Waals surface area contributed by atoms with Gasteiger partial charge in [0, 0.05) is 53.8 Å². The van der Waals surface area contributed by atoms with Crippen molar-refractivity contribution in [2.24, 2.45) is 0 Å². The Bertz CT molecular complexity index is 2380. The van der Waals surface area contributed by atoms with Gasteiger partial charge in [0.15, 0.2) is 11.4 Å². The number of carboxylic acids is 1. The van der Waals surface area contributed by atoms with Gasteiger partial charge in [-0.2, -0.15) is 8.78 Å². The second-order valence-electron chi connectivity index (χ2n) is 14.6. The lowest BCUT2D eigenvalue weighted by Gasteiger charge is -2.31. The van der Waals surface area contributed by atoms with Crippen LogP contribution in [0, 0.1) is 13.8 Å². The fourth-order valence-electron chi connectivity index (χ4n) is 7.99. The number of aliphatic carboxylic acids is 1. The van der Waals surface area contributed by atoms with Crippen molar-refractivity contribution in [3.8, 4) is 28.3 Å². The quantitative estimate of drug-likeness (QED) is 0.134. The highest BCUT2D eigenvalue weighted by atomic mass is 19.3. The first kappa shape index (κ1) is 35.6. The number of hydrogen-bond donors (Lipinski definition) is 2. The summed E-state index contributed by atoms with van der Waals surface area (Å²) in [5, 5.41) is 14.3. The van der Waals surface area contributed by atoms with E-state index in [4.69, 9.17) is 19.1 Å². The van der Waals surface area contributed by atoms with Crippen LogP contribution in [-0.2, 0) is 17.9 Å². The summed E-state index contributed by atoms with van der Waals surface area (Å²) in [6, 6.07) is 19.4. The predicted molar refractivity (Wildman–Crippen MR) is 204 cm³/mol. The standard InChI is InChI=1S/C42H42F2N6O4/c1-25-30(9-6-11-32(25)39-48-34-20-29(24-49-16-4-5-17-49)35(54-41(43)44)21-36(34)53-39)31-10-7-12-33(26(31)2)47-38-37-28(13-15-45-38)19-27(22-46-37)23-50-18-8-14-42(50,3)40(51)52/h6-7,9-13,15,19-22,41H,4-5,8,14,16-18,23-24H2,1-3H3,(H,45,47)(H,51,52). The third-order valence-electron chi connectivity index (χ3n) is 11.1. The van der Waals surface area contributed by atoms with E-state index < -0.39 is 18.1 Å². The minimum absolute atomic E-state index is 0.110. The molecule has 2 N–H and O–H groups in total. The van der Waals surface area contributed by atoms with Crippen LogP contribution in [-0.4, -0.2) is 67.6 Å². The molecule has 1 atom stereocenters. The Kier molecular flexibility index (Phi) is 9.49. The molecule has 0 aliphatic carbocycles. The number of ether oxygens (including phenoxy) is 1. The number of oxazole rings is 1. The zero-order valence-corrected chi connectivity index (χ0v) is 30.5. The summed E-state index contributed by atoms with van der Waals surface area (Å²) in [4.78, 5) is 30.5. The molecule has 3 aromatic carbocycles. The van der Waals surface area contributed by atoms with Gasteiger partial charge in [-0.3, -0.25) is 19.6 Å². The maximum Gasteiger partial charge on any atom is 0.387 e. The van der Waals surface area contributed by atoms with Crippen LogP contribution in [0.3, 0.4) is 0 Å². The van der Waals surface area contributed by atoms with Gasteiger partial charge in [-0.25, -0.2) is 9.97 Å². The summed E-state index contributed by atoms with van der Waals surface area (Å²) in [5.74, 6) is 0.335. The van der Waals surface area contributed by atoms with Gasteiger partial charge in [0.25, 0.3) is 0 Å². The molecule has 10 nitrogen and oxygen atoms in total. The maximum atomic E-state index is 13.4. The smallest absolute Gasteiger partial charge is 0.387 e. The van der Waals surface area contributed by atoms with Crippen LogP contribution in [0.1, 0.15) is 54.9 Å². The third kappa shape index (κ3) is 6.75. The molecule has 0 bridgehead atoms. The van der Waals surface area contributed by atoms with Crippen molar-refractivity contribution in [1.29, 1.82) is 0 Å². The van der Waals surface area contributed by atoms with Crippen molar-refractivity contribution >= 4 is 39.5 Å². The number of alkyl halides is 2. The summed E-state index contributed by atoms with van der Waals surface area (Å²) >= 11 is 0. The highest BCUT2D eigenvalue weighted by Gasteiger charge is 2.43. The van der Waals surface area contributed by atoms with Crippen LogP contribution in [0.5, 0.6) is 5.75 Å². The second kappa shape index (κ2) is 14.4. The van der Waals surface area contributed by atoms with Gasteiger partial charge in [-0.1, -0.05) is 24.3 Å². The predicted octanol–water partition coefficient (Wildman–Crippen LogP) is 9.10. The average Bonchev–Trinajstić information content (AvgIpc) is 3.90. The number of pyridine rings is 2. The molecule has 2 aliphatic heterocycles. The summed E-state index contributed by atoms with van der Waals surface area (Å²) in [5.41, 5.74) is 8.07. The SMILES string of the molecule is Cc1c(Nc2nccc3cc(CN4CCCC4(C)C(=O)O)cnc23)cccc1-c1cccc(-c2nc3cc(CN4CCCC4)c(OC(F)F)cc3o2)c1C. The van der Waals surface area contributed by atoms with Crippen LogP contribution in [0.4, 0.5) is 20.3 Å². The fraction of sp³-hybridized carbons (Fsp3) is 0.333. The zero-order valence-electron chi connectivity index (χ0n) is 30.5. The van der Waals surface area contributed by atoms with E-state index >= 15 is 0 Å². The summed E-state index contributed by atoms with van der Waals surface area (Å²) in [6.07, 6.45) is 7.21. The van der Waals surface area contributed by atoms with Crippen LogP contribution < -0.4 is 10.1 Å². The van der Waals surface area contributed by atoms with Crippen molar-refractivity contribution in [3.05, 3.63) is 95.3 Å². The molecule has 6 aromatic rings. The number of aromatic nitrogens is 3. The minimum Gasteiger partial charge on any atom is -0.480 e. The Morgan fingerprint density at radius 2 is 1.72 bits per heavy atom. The Morgan fingerprint density at radius 3 is 2.50 bits per heavy atom. The lowest BCUT2D eigenvalue weighted by atomic mass is 9.93. The van der Waals surface area contributed by atoms with Gasteiger partial charge >= 0.3 is 12.6 Å². The van der Waals surface area contributed by atoms with Crippen LogP contribution in [0.25, 0.3) is 44.6 Å². The number of benzene rings is 3. The van der Waals surface area contributed by atoms with Crippen LogP contribution >= 0.6 is 0 Å². The number of nitrogens with one attached hydrogen (secondary N) is 1. The summed E-state index contributed by atoms with van der Waals surface area (Å²) in [6.45, 7) is 6.53. The molecule has 278 valence electrons. The molecule has 2 fully saturated rings. The van der Waals surface area contributed by atoms with E-state index in [2.05, 4.69) is 40.3 Å². The first-order valence-corrected chi connectivity index (χ1v) is 18.4. The Labute approximate surface area is 311 Å². The number of nitrogens with zero attached hydrogens (tertiary/aromatic N) is 5. The van der Waals surface area contributed by atoms with Gasteiger partial charge < -0.3 is 19.6 Å².